The van der Waals surface area contributed by atoms with Crippen LogP contribution in [-0.4, -0.2) is 50.3 Å². The molecular formula is C22H28N2O4S2. The smallest absolute Gasteiger partial charge is 0.254 e. The van der Waals surface area contributed by atoms with E-state index in [-0.39, 0.29) is 16.6 Å². The molecule has 0 radical (unpaired) electrons. The van der Waals surface area contributed by atoms with Crippen LogP contribution in [0.3, 0.4) is 0 Å². The summed E-state index contributed by atoms with van der Waals surface area (Å²) in [5, 5.41) is 1.96. The predicted octanol–water partition coefficient (Wildman–Crippen LogP) is 4.15. The van der Waals surface area contributed by atoms with Crippen LogP contribution >= 0.6 is 11.3 Å². The maximum atomic E-state index is 13.4. The molecule has 1 fully saturated rings. The van der Waals surface area contributed by atoms with E-state index in [0.717, 1.165) is 30.6 Å². The van der Waals surface area contributed by atoms with Crippen molar-refractivity contribution in [3.05, 3.63) is 58.8 Å². The molecule has 1 aromatic heterocycles. The molecule has 0 spiro atoms. The zero-order valence-electron chi connectivity index (χ0n) is 17.2. The number of carbonyl (C=O) groups is 1. The number of sulfonamides is 1. The van der Waals surface area contributed by atoms with Gasteiger partial charge in [-0.2, -0.15) is 4.31 Å². The number of rotatable bonds is 8. The monoisotopic (exact) mass is 448 g/mol. The summed E-state index contributed by atoms with van der Waals surface area (Å²) in [4.78, 5) is 16.0. The minimum Gasteiger partial charge on any atom is -0.495 e. The third-order valence-corrected chi connectivity index (χ3v) is 7.94. The number of benzene rings is 1. The Hall–Kier alpha value is -2.16. The van der Waals surface area contributed by atoms with Crippen molar-refractivity contribution in [2.75, 3.05) is 26.7 Å². The molecule has 0 aliphatic carbocycles. The van der Waals surface area contributed by atoms with Crippen LogP contribution in [0.25, 0.3) is 0 Å². The van der Waals surface area contributed by atoms with Crippen molar-refractivity contribution in [2.24, 2.45) is 0 Å². The summed E-state index contributed by atoms with van der Waals surface area (Å²) in [6, 6.07) is 8.54. The van der Waals surface area contributed by atoms with Crippen LogP contribution in [0.15, 0.2) is 53.3 Å². The van der Waals surface area contributed by atoms with Gasteiger partial charge in [0.05, 0.1) is 13.7 Å². The first-order valence-corrected chi connectivity index (χ1v) is 12.4. The molecule has 162 valence electrons. The molecule has 1 saturated heterocycles. The highest BCUT2D eigenvalue weighted by atomic mass is 32.2. The van der Waals surface area contributed by atoms with E-state index < -0.39 is 10.0 Å². The van der Waals surface area contributed by atoms with Crippen LogP contribution in [0.2, 0.25) is 0 Å². The second-order valence-corrected chi connectivity index (χ2v) is 10.2. The van der Waals surface area contributed by atoms with Crippen molar-refractivity contribution >= 4 is 27.3 Å². The molecule has 0 unspecified atom stereocenters. The fraction of sp³-hybridized carbons (Fsp3) is 0.409. The van der Waals surface area contributed by atoms with Gasteiger partial charge >= 0.3 is 0 Å². The van der Waals surface area contributed by atoms with Crippen LogP contribution in [-0.2, 0) is 16.6 Å². The fourth-order valence-corrected chi connectivity index (χ4v) is 6.00. The van der Waals surface area contributed by atoms with Crippen molar-refractivity contribution in [2.45, 2.75) is 37.1 Å². The molecule has 0 saturated carbocycles. The van der Waals surface area contributed by atoms with Gasteiger partial charge in [0.1, 0.15) is 10.6 Å². The molecule has 3 rings (SSSR count). The van der Waals surface area contributed by atoms with Gasteiger partial charge in [0.2, 0.25) is 10.0 Å². The minimum atomic E-state index is -3.75. The number of nitrogens with zero attached hydrogens (tertiary/aromatic N) is 2. The maximum absolute atomic E-state index is 13.4. The van der Waals surface area contributed by atoms with Crippen molar-refractivity contribution in [1.29, 1.82) is 0 Å². The normalized spacial score (nSPS) is 15.4. The summed E-state index contributed by atoms with van der Waals surface area (Å²) in [7, 11) is -2.31. The van der Waals surface area contributed by atoms with Gasteiger partial charge in [-0.05, 0) is 42.5 Å². The van der Waals surface area contributed by atoms with Gasteiger partial charge in [0.15, 0.2) is 0 Å². The lowest BCUT2D eigenvalue weighted by atomic mass is 10.2. The molecule has 1 amide bonds. The zero-order chi connectivity index (χ0) is 21.6. The van der Waals surface area contributed by atoms with E-state index in [0.29, 0.717) is 31.7 Å². The highest BCUT2D eigenvalue weighted by molar-refractivity contribution is 7.89. The first-order chi connectivity index (χ1) is 14.5. The molecule has 6 nitrogen and oxygen atoms in total. The summed E-state index contributed by atoms with van der Waals surface area (Å²) < 4.78 is 33.6. The van der Waals surface area contributed by atoms with Gasteiger partial charge in [0.25, 0.3) is 5.91 Å². The van der Waals surface area contributed by atoms with Gasteiger partial charge in [0, 0.05) is 30.1 Å². The highest BCUT2D eigenvalue weighted by Gasteiger charge is 2.29. The lowest BCUT2D eigenvalue weighted by molar-refractivity contribution is 0.0764. The Balaban J connectivity index is 1.94. The van der Waals surface area contributed by atoms with Crippen molar-refractivity contribution in [1.82, 2.24) is 9.21 Å². The van der Waals surface area contributed by atoms with E-state index in [4.69, 9.17) is 4.74 Å². The van der Waals surface area contributed by atoms with E-state index in [2.05, 4.69) is 6.58 Å². The summed E-state index contributed by atoms with van der Waals surface area (Å²) in [6.07, 6.45) is 5.41. The van der Waals surface area contributed by atoms with E-state index in [1.807, 2.05) is 17.5 Å². The largest absolute Gasteiger partial charge is 0.495 e. The number of hydrogen-bond donors (Lipinski definition) is 0. The summed E-state index contributed by atoms with van der Waals surface area (Å²) in [5.74, 6) is 0.0163. The molecule has 1 aliphatic rings. The summed E-state index contributed by atoms with van der Waals surface area (Å²) >= 11 is 1.57. The van der Waals surface area contributed by atoms with Crippen molar-refractivity contribution < 1.29 is 17.9 Å². The topological polar surface area (TPSA) is 66.9 Å². The number of hydrogen-bond acceptors (Lipinski definition) is 5. The third kappa shape index (κ3) is 5.11. The quantitative estimate of drug-likeness (QED) is 0.569. The molecular weight excluding hydrogens is 420 g/mol. The Morgan fingerprint density at radius 3 is 2.57 bits per heavy atom. The van der Waals surface area contributed by atoms with Gasteiger partial charge in [-0.3, -0.25) is 4.79 Å². The molecule has 2 aromatic rings. The number of thiophene rings is 1. The Labute approximate surface area is 182 Å². The van der Waals surface area contributed by atoms with Crippen LogP contribution < -0.4 is 4.74 Å². The molecule has 8 heteroatoms. The standard InChI is InChI=1S/C22H28N2O4S2/c1-3-12-23(17-19-9-8-15-29-19)22(25)18-10-11-20(28-2)21(16-18)30(26,27)24-13-6-4-5-7-14-24/h3,8-11,15-16H,1,4-7,12-14,17H2,2H3. The first kappa shape index (κ1) is 22.5. The molecule has 0 bridgehead atoms. The van der Waals surface area contributed by atoms with Crippen LogP contribution in [0, 0.1) is 0 Å². The summed E-state index contributed by atoms with van der Waals surface area (Å²) in [6.45, 7) is 5.55. The number of methoxy groups -OCH3 is 1. The predicted molar refractivity (Wildman–Crippen MR) is 119 cm³/mol. The second kappa shape index (κ2) is 10.2. The zero-order valence-corrected chi connectivity index (χ0v) is 18.9. The van der Waals surface area contributed by atoms with Crippen molar-refractivity contribution in [3.8, 4) is 5.75 Å². The second-order valence-electron chi connectivity index (χ2n) is 7.24. The van der Waals surface area contributed by atoms with Crippen LogP contribution in [0.1, 0.15) is 40.9 Å². The van der Waals surface area contributed by atoms with E-state index in [9.17, 15) is 13.2 Å². The maximum Gasteiger partial charge on any atom is 0.254 e. The Kier molecular flexibility index (Phi) is 7.69. The molecule has 0 atom stereocenters. The number of ether oxygens (including phenoxy) is 1. The SMILES string of the molecule is C=CCN(Cc1cccs1)C(=O)c1ccc(OC)c(S(=O)(=O)N2CCCCCC2)c1. The minimum absolute atomic E-state index is 0.0485. The molecule has 0 N–H and O–H groups in total. The van der Waals surface area contributed by atoms with Gasteiger partial charge < -0.3 is 9.64 Å². The molecule has 1 aromatic carbocycles. The van der Waals surface area contributed by atoms with Gasteiger partial charge in [-0.25, -0.2) is 8.42 Å². The van der Waals surface area contributed by atoms with E-state index in [1.54, 1.807) is 34.4 Å². The van der Waals surface area contributed by atoms with Gasteiger partial charge in [-0.1, -0.05) is 25.0 Å². The van der Waals surface area contributed by atoms with Gasteiger partial charge in [-0.15, -0.1) is 17.9 Å². The van der Waals surface area contributed by atoms with Crippen LogP contribution in [0.5, 0.6) is 5.75 Å². The van der Waals surface area contributed by atoms with Crippen molar-refractivity contribution in [3.63, 3.8) is 0 Å². The average Bonchev–Trinajstić information content (AvgIpc) is 3.10. The average molecular weight is 449 g/mol. The van der Waals surface area contributed by atoms with Crippen LogP contribution in [0.4, 0.5) is 0 Å². The fourth-order valence-electron chi connectivity index (χ4n) is 3.58. The lowest BCUT2D eigenvalue weighted by Crippen LogP contribution is -2.33. The number of amides is 1. The summed E-state index contributed by atoms with van der Waals surface area (Å²) in [5.41, 5.74) is 0.322. The number of carbonyl (C=O) groups excluding carboxylic acids is 1. The Morgan fingerprint density at radius 2 is 1.97 bits per heavy atom. The highest BCUT2D eigenvalue weighted by Crippen LogP contribution is 2.30. The molecule has 2 heterocycles. The molecule has 1 aliphatic heterocycles. The Morgan fingerprint density at radius 1 is 1.23 bits per heavy atom. The molecule has 30 heavy (non-hydrogen) atoms. The first-order valence-electron chi connectivity index (χ1n) is 10.1. The van der Waals surface area contributed by atoms with E-state index >= 15 is 0 Å². The van der Waals surface area contributed by atoms with E-state index in [1.165, 1.54) is 17.5 Å². The lowest BCUT2D eigenvalue weighted by Gasteiger charge is -2.23. The Bertz CT molecular complexity index is 963. The third-order valence-electron chi connectivity index (χ3n) is 5.16.